The number of nitrogen functional groups attached to an aromatic ring is 1. The Hall–Kier alpha value is -4.25. The Bertz CT molecular complexity index is 1490. The molecule has 6 N–H and O–H groups in total. The van der Waals surface area contributed by atoms with Gasteiger partial charge in [0.05, 0.1) is 18.9 Å². The van der Waals surface area contributed by atoms with Crippen LogP contribution in [0.25, 0.3) is 0 Å². The molecule has 0 spiro atoms. The molecule has 1 aliphatic rings. The highest BCUT2D eigenvalue weighted by atomic mass is 32.2. The van der Waals surface area contributed by atoms with E-state index in [4.69, 9.17) is 15.7 Å². The van der Waals surface area contributed by atoms with Gasteiger partial charge in [0, 0.05) is 31.1 Å². The van der Waals surface area contributed by atoms with Crippen LogP contribution in [0.1, 0.15) is 47.2 Å². The minimum absolute atomic E-state index is 0.0514. The van der Waals surface area contributed by atoms with Gasteiger partial charge in [-0.1, -0.05) is 42.5 Å². The van der Waals surface area contributed by atoms with E-state index in [1.165, 1.54) is 13.3 Å². The third-order valence-electron chi connectivity index (χ3n) is 7.23. The third kappa shape index (κ3) is 7.69. The predicted molar refractivity (Wildman–Crippen MR) is 155 cm³/mol. The zero-order valence-electron chi connectivity index (χ0n) is 22.8. The van der Waals surface area contributed by atoms with E-state index in [0.717, 1.165) is 5.56 Å². The lowest BCUT2D eigenvalue weighted by Gasteiger charge is -2.41. The van der Waals surface area contributed by atoms with Gasteiger partial charge in [0.15, 0.2) is 0 Å². The Morgan fingerprint density at radius 2 is 1.83 bits per heavy atom. The highest BCUT2D eigenvalue weighted by Gasteiger charge is 2.38. The number of anilines is 2. The second-order valence-electron chi connectivity index (χ2n) is 9.85. The lowest BCUT2D eigenvalue weighted by atomic mass is 9.68. The Morgan fingerprint density at radius 1 is 1.12 bits per heavy atom. The molecule has 0 saturated heterocycles. The molecule has 2 aromatic carbocycles. The molecule has 1 fully saturated rings. The van der Waals surface area contributed by atoms with Gasteiger partial charge in [-0.3, -0.25) is 4.79 Å². The average molecular weight is 579 g/mol. The minimum atomic E-state index is -3.76. The molecule has 1 aliphatic carbocycles. The first kappa shape index (κ1) is 29.7. The Labute approximate surface area is 239 Å². The molecular weight excluding hydrogens is 544 g/mol. The van der Waals surface area contributed by atoms with Crippen molar-refractivity contribution < 1.29 is 17.9 Å². The van der Waals surface area contributed by atoms with E-state index in [1.54, 1.807) is 18.2 Å². The fraction of sp³-hybridized carbons (Fsp3) is 0.357. The van der Waals surface area contributed by atoms with Crippen molar-refractivity contribution in [2.75, 3.05) is 37.8 Å². The molecule has 41 heavy (non-hydrogen) atoms. The summed E-state index contributed by atoms with van der Waals surface area (Å²) in [6.07, 6.45) is 3.90. The number of nitrogens with two attached hydrogens (primary N) is 1. The van der Waals surface area contributed by atoms with Crippen molar-refractivity contribution in [3.05, 3.63) is 77.5 Å². The largest absolute Gasteiger partial charge is 0.496 e. The van der Waals surface area contributed by atoms with Gasteiger partial charge >= 0.3 is 0 Å². The van der Waals surface area contributed by atoms with Crippen LogP contribution in [0.3, 0.4) is 0 Å². The monoisotopic (exact) mass is 578 g/mol. The lowest BCUT2D eigenvalue weighted by Crippen LogP contribution is -2.49. The van der Waals surface area contributed by atoms with E-state index in [9.17, 15) is 13.2 Å². The molecule has 0 aliphatic heterocycles. The SMILES string of the molecule is COc1ccccc1C(=O)NC[C@]1(c2ccccc2)CC[C@H](NS(=O)(=O)NCCNc2ncc(C#N)c(N)n2)CC1. The fourth-order valence-corrected chi connectivity index (χ4v) is 6.14. The smallest absolute Gasteiger partial charge is 0.277 e. The van der Waals surface area contributed by atoms with Gasteiger partial charge in [0.1, 0.15) is 23.2 Å². The topological polar surface area (TPSA) is 184 Å². The zero-order valence-corrected chi connectivity index (χ0v) is 23.6. The first-order valence-electron chi connectivity index (χ1n) is 13.3. The number of benzene rings is 2. The number of methoxy groups -OCH3 is 1. The van der Waals surface area contributed by atoms with Crippen molar-refractivity contribution in [2.24, 2.45) is 0 Å². The van der Waals surface area contributed by atoms with Gasteiger partial charge < -0.3 is 21.1 Å². The molecule has 1 saturated carbocycles. The van der Waals surface area contributed by atoms with Crippen molar-refractivity contribution in [1.82, 2.24) is 24.7 Å². The molecule has 1 aromatic heterocycles. The van der Waals surface area contributed by atoms with Gasteiger partial charge in [0.25, 0.3) is 16.1 Å². The van der Waals surface area contributed by atoms with E-state index in [1.807, 2.05) is 30.3 Å². The van der Waals surface area contributed by atoms with Crippen molar-refractivity contribution in [1.29, 1.82) is 5.26 Å². The Balaban J connectivity index is 1.32. The summed E-state index contributed by atoms with van der Waals surface area (Å²) in [6.45, 7) is 0.730. The van der Waals surface area contributed by atoms with Crippen LogP contribution in [0.4, 0.5) is 11.8 Å². The maximum atomic E-state index is 13.0. The maximum Gasteiger partial charge on any atom is 0.277 e. The summed E-state index contributed by atoms with van der Waals surface area (Å²) < 4.78 is 36.0. The molecule has 1 amide bonds. The molecule has 0 bridgehead atoms. The van der Waals surface area contributed by atoms with Crippen molar-refractivity contribution >= 4 is 27.9 Å². The molecule has 216 valence electrons. The fourth-order valence-electron chi connectivity index (χ4n) is 5.01. The summed E-state index contributed by atoms with van der Waals surface area (Å²) in [5.74, 6) is 0.548. The van der Waals surface area contributed by atoms with Gasteiger partial charge in [-0.25, -0.2) is 9.71 Å². The summed E-state index contributed by atoms with van der Waals surface area (Å²) in [7, 11) is -2.22. The maximum absolute atomic E-state index is 13.0. The lowest BCUT2D eigenvalue weighted by molar-refractivity contribution is 0.0932. The molecule has 13 heteroatoms. The van der Waals surface area contributed by atoms with E-state index >= 15 is 0 Å². The van der Waals surface area contributed by atoms with E-state index in [2.05, 4.69) is 42.2 Å². The molecule has 3 aromatic rings. The molecule has 12 nitrogen and oxygen atoms in total. The van der Waals surface area contributed by atoms with E-state index < -0.39 is 10.2 Å². The number of nitrogens with zero attached hydrogens (tertiary/aromatic N) is 3. The Morgan fingerprint density at radius 3 is 2.51 bits per heavy atom. The quantitative estimate of drug-likeness (QED) is 0.201. The zero-order chi connectivity index (χ0) is 29.3. The van der Waals surface area contributed by atoms with Crippen LogP contribution in [0.5, 0.6) is 5.75 Å². The normalized spacial score (nSPS) is 18.7. The second kappa shape index (κ2) is 13.4. The highest BCUT2D eigenvalue weighted by molar-refractivity contribution is 7.87. The van der Waals surface area contributed by atoms with Crippen LogP contribution in [0.15, 0.2) is 60.8 Å². The number of ether oxygens (including phenoxy) is 1. The number of aromatic nitrogens is 2. The van der Waals surface area contributed by atoms with E-state index in [-0.39, 0.29) is 47.8 Å². The van der Waals surface area contributed by atoms with Crippen LogP contribution < -0.4 is 30.5 Å². The number of nitrogens with one attached hydrogen (secondary N) is 4. The third-order valence-corrected chi connectivity index (χ3v) is 8.46. The first-order valence-corrected chi connectivity index (χ1v) is 14.7. The van der Waals surface area contributed by atoms with Crippen LogP contribution in [0, 0.1) is 11.3 Å². The summed E-state index contributed by atoms with van der Waals surface area (Å²) >= 11 is 0. The van der Waals surface area contributed by atoms with Crippen LogP contribution >= 0.6 is 0 Å². The van der Waals surface area contributed by atoms with Crippen molar-refractivity contribution in [3.8, 4) is 11.8 Å². The van der Waals surface area contributed by atoms with Gasteiger partial charge in [-0.15, -0.1) is 0 Å². The minimum Gasteiger partial charge on any atom is -0.496 e. The number of para-hydroxylation sites is 1. The summed E-state index contributed by atoms with van der Waals surface area (Å²) in [6, 6.07) is 18.7. The summed E-state index contributed by atoms with van der Waals surface area (Å²) in [4.78, 5) is 21.0. The molecule has 0 unspecified atom stereocenters. The number of carbonyl (C=O) groups excluding carboxylic acids is 1. The Kier molecular flexibility index (Phi) is 9.72. The molecular formula is C28H34N8O4S. The predicted octanol–water partition coefficient (Wildman–Crippen LogP) is 2.09. The number of hydrogen-bond donors (Lipinski definition) is 5. The number of rotatable bonds is 12. The molecule has 1 heterocycles. The number of nitriles is 1. The molecule has 0 atom stereocenters. The molecule has 0 radical (unpaired) electrons. The summed E-state index contributed by atoms with van der Waals surface area (Å²) in [5.41, 5.74) is 7.09. The van der Waals surface area contributed by atoms with Crippen LogP contribution in [-0.4, -0.2) is 57.1 Å². The van der Waals surface area contributed by atoms with Crippen molar-refractivity contribution in [2.45, 2.75) is 37.1 Å². The number of amides is 1. The average Bonchev–Trinajstić information content (AvgIpc) is 2.99. The van der Waals surface area contributed by atoms with E-state index in [0.29, 0.717) is 43.5 Å². The highest BCUT2D eigenvalue weighted by Crippen LogP contribution is 2.39. The van der Waals surface area contributed by atoms with Gasteiger partial charge in [-0.05, 0) is 43.4 Å². The second-order valence-corrected chi connectivity index (χ2v) is 11.4. The summed E-state index contributed by atoms with van der Waals surface area (Å²) in [5, 5.41) is 14.9. The van der Waals surface area contributed by atoms with Crippen LogP contribution in [-0.2, 0) is 15.6 Å². The first-order chi connectivity index (χ1) is 19.7. The van der Waals surface area contributed by atoms with Gasteiger partial charge in [-0.2, -0.15) is 23.4 Å². The van der Waals surface area contributed by atoms with Gasteiger partial charge in [0.2, 0.25) is 5.95 Å². The van der Waals surface area contributed by atoms with Crippen LogP contribution in [0.2, 0.25) is 0 Å². The standard InChI is InChI=1S/C28H34N8O4S/c1-40-24-10-6-5-9-23(24)26(37)33-19-28(21-7-3-2-4-8-21)13-11-22(12-14-28)36-41(38,39)34-16-15-31-27-32-18-20(17-29)25(30)35-27/h2-10,18,22,34,36H,11-16,19H2,1H3,(H,33,37)(H3,30,31,32,35)/t22-,28-. The number of hydrogen-bond acceptors (Lipinski definition) is 9. The van der Waals surface area contributed by atoms with Crippen molar-refractivity contribution in [3.63, 3.8) is 0 Å². The number of carbonyl (C=O) groups is 1. The molecule has 4 rings (SSSR count).